The average Bonchev–Trinajstić information content (AvgIpc) is 3.18. The molecule has 0 fully saturated rings. The predicted octanol–water partition coefficient (Wildman–Crippen LogP) is 2.88. The van der Waals surface area contributed by atoms with E-state index in [2.05, 4.69) is 50.0 Å². The van der Waals surface area contributed by atoms with Crippen LogP contribution in [0, 0.1) is 0 Å². The van der Waals surface area contributed by atoms with Crippen LogP contribution >= 0.6 is 24.0 Å². The highest BCUT2D eigenvalue weighted by molar-refractivity contribution is 14.0. The molecule has 0 bridgehead atoms. The number of methoxy groups -OCH3 is 2. The molecule has 4 rings (SSSR count). The molecule has 0 radical (unpaired) electrons. The number of halogens is 1. The van der Waals surface area contributed by atoms with Crippen molar-refractivity contribution in [1.82, 2.24) is 25.4 Å². The number of nitrogens with one attached hydrogen (secondary N) is 2. The van der Waals surface area contributed by atoms with Crippen molar-refractivity contribution in [1.29, 1.82) is 0 Å². The molecule has 31 heavy (non-hydrogen) atoms. The van der Waals surface area contributed by atoms with Gasteiger partial charge in [0, 0.05) is 33.2 Å². The maximum atomic E-state index is 5.30. The van der Waals surface area contributed by atoms with Gasteiger partial charge in [0.25, 0.3) is 0 Å². The molecule has 3 aromatic rings. The number of hydrogen-bond donors (Lipinski definition) is 2. The Balaban J connectivity index is 0.00000272. The fourth-order valence-corrected chi connectivity index (χ4v) is 3.75. The Bertz CT molecular complexity index is 1050. The van der Waals surface area contributed by atoms with Crippen LogP contribution in [0.4, 0.5) is 0 Å². The minimum absolute atomic E-state index is 0. The molecule has 2 aromatic carbocycles. The van der Waals surface area contributed by atoms with Crippen LogP contribution in [0.25, 0.3) is 10.8 Å². The van der Waals surface area contributed by atoms with Crippen molar-refractivity contribution >= 4 is 40.7 Å². The summed E-state index contributed by atoms with van der Waals surface area (Å²) in [5, 5.41) is 13.8. The van der Waals surface area contributed by atoms with E-state index < -0.39 is 0 Å². The summed E-state index contributed by atoms with van der Waals surface area (Å²) in [5.41, 5.74) is 1.20. The molecular formula is C22H29IN6O2. The number of aliphatic imine (C=N–C) groups is 1. The Kier molecular flexibility index (Phi) is 8.08. The molecule has 1 atom stereocenters. The number of hydrogen-bond acceptors (Lipinski definition) is 5. The van der Waals surface area contributed by atoms with Gasteiger partial charge in [-0.2, -0.15) is 5.10 Å². The van der Waals surface area contributed by atoms with Gasteiger partial charge in [0.05, 0.1) is 13.7 Å². The predicted molar refractivity (Wildman–Crippen MR) is 132 cm³/mol. The van der Waals surface area contributed by atoms with Crippen molar-refractivity contribution < 1.29 is 9.47 Å². The maximum Gasteiger partial charge on any atom is 0.191 e. The zero-order valence-electron chi connectivity index (χ0n) is 18.1. The van der Waals surface area contributed by atoms with E-state index >= 15 is 0 Å². The topological polar surface area (TPSA) is 85.6 Å². The van der Waals surface area contributed by atoms with Gasteiger partial charge in [0.2, 0.25) is 0 Å². The highest BCUT2D eigenvalue weighted by atomic mass is 127. The molecule has 0 spiro atoms. The number of ether oxygens (including phenoxy) is 2. The highest BCUT2D eigenvalue weighted by Gasteiger charge is 2.22. The van der Waals surface area contributed by atoms with E-state index in [9.17, 15) is 0 Å². The molecule has 0 saturated heterocycles. The third-order valence-corrected chi connectivity index (χ3v) is 5.31. The van der Waals surface area contributed by atoms with Crippen LogP contribution in [-0.4, -0.2) is 48.0 Å². The lowest BCUT2D eigenvalue weighted by atomic mass is 10.1. The van der Waals surface area contributed by atoms with E-state index in [4.69, 9.17) is 9.47 Å². The van der Waals surface area contributed by atoms with E-state index in [1.807, 2.05) is 16.8 Å². The van der Waals surface area contributed by atoms with E-state index in [0.717, 1.165) is 42.7 Å². The third kappa shape index (κ3) is 5.65. The normalized spacial score (nSPS) is 15.8. The molecule has 8 nitrogen and oxygen atoms in total. The van der Waals surface area contributed by atoms with Gasteiger partial charge in [-0.05, 0) is 41.0 Å². The summed E-state index contributed by atoms with van der Waals surface area (Å²) in [7, 11) is 5.14. The second-order valence-corrected chi connectivity index (χ2v) is 7.41. The Morgan fingerprint density at radius 3 is 2.77 bits per heavy atom. The molecule has 0 aliphatic carbocycles. The average molecular weight is 536 g/mol. The van der Waals surface area contributed by atoms with Crippen molar-refractivity contribution in [3.05, 3.63) is 53.6 Å². The van der Waals surface area contributed by atoms with E-state index in [1.165, 1.54) is 16.3 Å². The summed E-state index contributed by atoms with van der Waals surface area (Å²) < 4.78 is 12.4. The Labute approximate surface area is 199 Å². The summed E-state index contributed by atoms with van der Waals surface area (Å²) in [6.07, 6.45) is 1.88. The van der Waals surface area contributed by atoms with Crippen molar-refractivity contribution in [2.24, 2.45) is 4.99 Å². The van der Waals surface area contributed by atoms with Crippen LogP contribution in [0.5, 0.6) is 5.75 Å². The number of aryl methyl sites for hydroxylation is 1. The van der Waals surface area contributed by atoms with Crippen LogP contribution in [0.15, 0.2) is 41.4 Å². The van der Waals surface area contributed by atoms with Crippen LogP contribution in [0.3, 0.4) is 0 Å². The molecule has 1 aromatic heterocycles. The largest absolute Gasteiger partial charge is 0.497 e. The minimum atomic E-state index is 0. The summed E-state index contributed by atoms with van der Waals surface area (Å²) >= 11 is 0. The van der Waals surface area contributed by atoms with Crippen LogP contribution in [0.2, 0.25) is 0 Å². The number of fused-ring (bicyclic) bond motifs is 2. The Morgan fingerprint density at radius 2 is 2.00 bits per heavy atom. The lowest BCUT2D eigenvalue weighted by Crippen LogP contribution is -2.46. The molecule has 1 unspecified atom stereocenters. The zero-order valence-corrected chi connectivity index (χ0v) is 20.4. The SMILES string of the molecule is CN=C(NCc1ccc2cc(OC)ccc2c1)NC1CCc2nc(COC)nn2C1.I. The van der Waals surface area contributed by atoms with Crippen LogP contribution < -0.4 is 15.4 Å². The molecule has 166 valence electrons. The number of aromatic nitrogens is 3. The van der Waals surface area contributed by atoms with Crippen LogP contribution in [-0.2, 0) is 30.9 Å². The van der Waals surface area contributed by atoms with Crippen molar-refractivity contribution in [3.63, 3.8) is 0 Å². The van der Waals surface area contributed by atoms with E-state index in [-0.39, 0.29) is 30.0 Å². The number of nitrogens with zero attached hydrogens (tertiary/aromatic N) is 4. The highest BCUT2D eigenvalue weighted by Crippen LogP contribution is 2.22. The van der Waals surface area contributed by atoms with Gasteiger partial charge in [-0.15, -0.1) is 24.0 Å². The van der Waals surface area contributed by atoms with Gasteiger partial charge in [-0.25, -0.2) is 9.67 Å². The van der Waals surface area contributed by atoms with E-state index in [0.29, 0.717) is 13.2 Å². The summed E-state index contributed by atoms with van der Waals surface area (Å²) in [5.74, 6) is 3.42. The molecule has 2 heterocycles. The second-order valence-electron chi connectivity index (χ2n) is 7.41. The molecule has 2 N–H and O–H groups in total. The second kappa shape index (κ2) is 10.8. The zero-order chi connectivity index (χ0) is 20.9. The van der Waals surface area contributed by atoms with Gasteiger partial charge in [0.1, 0.15) is 18.2 Å². The third-order valence-electron chi connectivity index (χ3n) is 5.31. The fraction of sp³-hybridized carbons (Fsp3) is 0.409. The lowest BCUT2D eigenvalue weighted by molar-refractivity contribution is 0.177. The standard InChI is InChI=1S/C22H28N6O2.HI/c1-23-22(25-18-7-9-21-26-20(14-29-2)27-28(21)13-18)24-12-15-4-5-17-11-19(30-3)8-6-16(17)10-15;/h4-6,8,10-11,18H,7,9,12-14H2,1-3H3,(H2,23,24,25);1H. The minimum Gasteiger partial charge on any atom is -0.497 e. The molecule has 0 amide bonds. The van der Waals surface area contributed by atoms with Gasteiger partial charge in [0.15, 0.2) is 11.8 Å². The van der Waals surface area contributed by atoms with E-state index in [1.54, 1.807) is 21.3 Å². The first kappa shape index (κ1) is 23.3. The first-order valence-electron chi connectivity index (χ1n) is 10.1. The molecule has 9 heteroatoms. The number of rotatable bonds is 6. The number of benzene rings is 2. The van der Waals surface area contributed by atoms with Crippen molar-refractivity contribution in [2.45, 2.75) is 38.6 Å². The fourth-order valence-electron chi connectivity index (χ4n) is 3.75. The smallest absolute Gasteiger partial charge is 0.191 e. The monoisotopic (exact) mass is 536 g/mol. The quantitative estimate of drug-likeness (QED) is 0.287. The van der Waals surface area contributed by atoms with Gasteiger partial charge in [-0.1, -0.05) is 18.2 Å². The van der Waals surface area contributed by atoms with Gasteiger partial charge >= 0.3 is 0 Å². The number of guanidine groups is 1. The maximum absolute atomic E-state index is 5.30. The van der Waals surface area contributed by atoms with Gasteiger partial charge in [-0.3, -0.25) is 4.99 Å². The summed E-state index contributed by atoms with van der Waals surface area (Å²) in [6.45, 7) is 1.91. The molecular weight excluding hydrogens is 507 g/mol. The first-order chi connectivity index (χ1) is 14.7. The molecule has 1 aliphatic rings. The first-order valence-corrected chi connectivity index (χ1v) is 10.1. The van der Waals surface area contributed by atoms with Gasteiger partial charge < -0.3 is 20.1 Å². The summed E-state index contributed by atoms with van der Waals surface area (Å²) in [4.78, 5) is 8.92. The Hall–Kier alpha value is -2.40. The lowest BCUT2D eigenvalue weighted by Gasteiger charge is -2.25. The van der Waals surface area contributed by atoms with Crippen LogP contribution in [0.1, 0.15) is 23.6 Å². The molecule has 0 saturated carbocycles. The summed E-state index contributed by atoms with van der Waals surface area (Å²) in [6, 6.07) is 12.8. The van der Waals surface area contributed by atoms with Crippen molar-refractivity contribution in [3.8, 4) is 5.75 Å². The van der Waals surface area contributed by atoms with Crippen molar-refractivity contribution in [2.75, 3.05) is 21.3 Å². The molecule has 1 aliphatic heterocycles. The Morgan fingerprint density at radius 1 is 1.19 bits per heavy atom.